The molecule has 1 aromatic heterocycles. The first-order chi connectivity index (χ1) is 16.3. The number of halogens is 1. The maximum atomic E-state index is 13.9. The molecule has 2 N–H and O–H groups in total. The highest BCUT2D eigenvalue weighted by Gasteiger charge is 2.28. The van der Waals surface area contributed by atoms with Crippen LogP contribution >= 0.6 is 0 Å². The first-order valence-electron chi connectivity index (χ1n) is 10.4. The van der Waals surface area contributed by atoms with Crippen LogP contribution in [0.3, 0.4) is 0 Å². The molecular weight excluding hydrogens is 441 g/mol. The predicted octanol–water partition coefficient (Wildman–Crippen LogP) is 2.82. The van der Waals surface area contributed by atoms with E-state index in [2.05, 4.69) is 15.7 Å². The van der Waals surface area contributed by atoms with Crippen LogP contribution in [0.4, 0.5) is 10.2 Å². The third-order valence-corrected chi connectivity index (χ3v) is 4.82. The minimum atomic E-state index is -1.11. The van der Waals surface area contributed by atoms with Crippen molar-refractivity contribution in [1.29, 1.82) is 5.26 Å². The van der Waals surface area contributed by atoms with Gasteiger partial charge in [0.2, 0.25) is 0 Å². The van der Waals surface area contributed by atoms with Crippen molar-refractivity contribution < 1.29 is 23.5 Å². The maximum absolute atomic E-state index is 13.9. The molecule has 0 aliphatic heterocycles. The summed E-state index contributed by atoms with van der Waals surface area (Å²) in [7, 11) is 0. The van der Waals surface area contributed by atoms with Crippen LogP contribution in [-0.4, -0.2) is 40.2 Å². The summed E-state index contributed by atoms with van der Waals surface area (Å²) in [5.74, 6) is -3.32. The van der Waals surface area contributed by atoms with Crippen LogP contribution in [0.15, 0.2) is 60.8 Å². The van der Waals surface area contributed by atoms with Crippen molar-refractivity contribution in [2.45, 2.75) is 19.9 Å². The standard InChI is InChI=1S/C24H22FN5O4/c1-15(2)21(29-23(32)18-10-6-7-11-19(18)25)24(33)34-14-20(31)28-22-16(12-26)13-27-30(22)17-8-4-3-5-9-17/h3-11,13,15,21H,14H2,1-2H3,(H,28,31)(H,29,32)/t21-/m0/s1. The van der Waals surface area contributed by atoms with E-state index in [1.54, 1.807) is 38.1 Å². The predicted molar refractivity (Wildman–Crippen MR) is 120 cm³/mol. The number of hydrogen-bond acceptors (Lipinski definition) is 6. The van der Waals surface area contributed by atoms with Crippen LogP contribution in [0.2, 0.25) is 0 Å². The molecule has 0 radical (unpaired) electrons. The van der Waals surface area contributed by atoms with Gasteiger partial charge >= 0.3 is 5.97 Å². The summed E-state index contributed by atoms with van der Waals surface area (Å²) in [5, 5.41) is 18.4. The van der Waals surface area contributed by atoms with E-state index in [1.165, 1.54) is 29.1 Å². The lowest BCUT2D eigenvalue weighted by molar-refractivity contribution is -0.150. The molecule has 0 saturated heterocycles. The quantitative estimate of drug-likeness (QED) is 0.495. The Balaban J connectivity index is 1.65. The number of esters is 1. The van der Waals surface area contributed by atoms with Gasteiger partial charge in [-0.05, 0) is 30.2 Å². The number of carbonyl (C=O) groups is 3. The number of rotatable bonds is 8. The van der Waals surface area contributed by atoms with E-state index in [4.69, 9.17) is 4.74 Å². The zero-order valence-corrected chi connectivity index (χ0v) is 18.5. The smallest absolute Gasteiger partial charge is 0.329 e. The molecule has 1 heterocycles. The number of amides is 2. The Labute approximate surface area is 195 Å². The fraction of sp³-hybridized carbons (Fsp3) is 0.208. The van der Waals surface area contributed by atoms with Crippen molar-refractivity contribution in [3.63, 3.8) is 0 Å². The number of nitriles is 1. The molecule has 3 aromatic rings. The summed E-state index contributed by atoms with van der Waals surface area (Å²) in [6.07, 6.45) is 1.31. The second-order valence-electron chi connectivity index (χ2n) is 7.60. The number of carbonyl (C=O) groups excluding carboxylic acids is 3. The monoisotopic (exact) mass is 463 g/mol. The zero-order valence-electron chi connectivity index (χ0n) is 18.5. The lowest BCUT2D eigenvalue weighted by Crippen LogP contribution is -2.46. The summed E-state index contributed by atoms with van der Waals surface area (Å²) in [6.45, 7) is 2.68. The molecule has 0 fully saturated rings. The second-order valence-corrected chi connectivity index (χ2v) is 7.60. The van der Waals surface area contributed by atoms with Crippen molar-refractivity contribution in [2.24, 2.45) is 5.92 Å². The van der Waals surface area contributed by atoms with Gasteiger partial charge in [-0.1, -0.05) is 44.2 Å². The highest BCUT2D eigenvalue weighted by atomic mass is 19.1. The van der Waals surface area contributed by atoms with Crippen molar-refractivity contribution in [3.8, 4) is 11.8 Å². The SMILES string of the molecule is CC(C)[C@H](NC(=O)c1ccccc1F)C(=O)OCC(=O)Nc1c(C#N)cnn1-c1ccccc1. The Kier molecular flexibility index (Phi) is 7.71. The summed E-state index contributed by atoms with van der Waals surface area (Å²) >= 11 is 0. The van der Waals surface area contributed by atoms with Gasteiger partial charge in [-0.2, -0.15) is 10.4 Å². The number of para-hydroxylation sites is 1. The van der Waals surface area contributed by atoms with Crippen molar-refractivity contribution in [3.05, 3.63) is 77.7 Å². The number of ether oxygens (including phenoxy) is 1. The molecule has 34 heavy (non-hydrogen) atoms. The van der Waals surface area contributed by atoms with Gasteiger partial charge in [0.05, 0.1) is 17.4 Å². The average Bonchev–Trinajstić information content (AvgIpc) is 3.23. The molecule has 0 aliphatic rings. The number of hydrogen-bond donors (Lipinski definition) is 2. The van der Waals surface area contributed by atoms with Crippen LogP contribution in [0.1, 0.15) is 29.8 Å². The second kappa shape index (κ2) is 10.9. The molecule has 9 nitrogen and oxygen atoms in total. The summed E-state index contributed by atoms with van der Waals surface area (Å²) in [6, 6.07) is 15.1. The van der Waals surface area contributed by atoms with Gasteiger partial charge in [-0.15, -0.1) is 0 Å². The van der Waals surface area contributed by atoms with Gasteiger partial charge in [0, 0.05) is 0 Å². The Morgan fingerprint density at radius 3 is 2.44 bits per heavy atom. The molecule has 0 bridgehead atoms. The maximum Gasteiger partial charge on any atom is 0.329 e. The average molecular weight is 463 g/mol. The molecule has 0 spiro atoms. The minimum absolute atomic E-state index is 0.126. The Bertz CT molecular complexity index is 1230. The Morgan fingerprint density at radius 2 is 1.79 bits per heavy atom. The third kappa shape index (κ3) is 5.63. The van der Waals surface area contributed by atoms with E-state index in [0.29, 0.717) is 5.69 Å². The van der Waals surface area contributed by atoms with E-state index >= 15 is 0 Å². The number of aromatic nitrogens is 2. The fourth-order valence-corrected chi connectivity index (χ4v) is 3.07. The highest BCUT2D eigenvalue weighted by molar-refractivity contribution is 5.98. The molecule has 174 valence electrons. The van der Waals surface area contributed by atoms with E-state index in [-0.39, 0.29) is 16.9 Å². The molecule has 0 saturated carbocycles. The largest absolute Gasteiger partial charge is 0.454 e. The zero-order chi connectivity index (χ0) is 24.7. The van der Waals surface area contributed by atoms with Crippen LogP contribution in [0.25, 0.3) is 5.69 Å². The van der Waals surface area contributed by atoms with Crippen LogP contribution in [-0.2, 0) is 14.3 Å². The van der Waals surface area contributed by atoms with Gasteiger partial charge in [-0.3, -0.25) is 9.59 Å². The number of anilines is 1. The van der Waals surface area contributed by atoms with Crippen molar-refractivity contribution >= 4 is 23.6 Å². The van der Waals surface area contributed by atoms with E-state index in [1.807, 2.05) is 12.1 Å². The molecule has 2 amide bonds. The van der Waals surface area contributed by atoms with E-state index in [9.17, 15) is 24.0 Å². The van der Waals surface area contributed by atoms with Crippen LogP contribution < -0.4 is 10.6 Å². The van der Waals surface area contributed by atoms with Gasteiger partial charge in [0.1, 0.15) is 23.5 Å². The first kappa shape index (κ1) is 24.1. The van der Waals surface area contributed by atoms with Crippen LogP contribution in [0.5, 0.6) is 0 Å². The number of nitrogens with one attached hydrogen (secondary N) is 2. The molecule has 10 heteroatoms. The topological polar surface area (TPSA) is 126 Å². The normalized spacial score (nSPS) is 11.4. The lowest BCUT2D eigenvalue weighted by Gasteiger charge is -2.21. The first-order valence-corrected chi connectivity index (χ1v) is 10.4. The molecule has 0 unspecified atom stereocenters. The van der Waals surface area contributed by atoms with E-state index < -0.39 is 42.2 Å². The van der Waals surface area contributed by atoms with E-state index in [0.717, 1.165) is 6.07 Å². The summed E-state index contributed by atoms with van der Waals surface area (Å²) in [5.41, 5.74) is 0.532. The number of benzene rings is 2. The Hall–Kier alpha value is -4.52. The van der Waals surface area contributed by atoms with Gasteiger partial charge in [0.15, 0.2) is 12.4 Å². The summed E-state index contributed by atoms with van der Waals surface area (Å²) in [4.78, 5) is 37.4. The molecular formula is C24H22FN5O4. The fourth-order valence-electron chi connectivity index (χ4n) is 3.07. The van der Waals surface area contributed by atoms with Crippen LogP contribution in [0, 0.1) is 23.1 Å². The molecule has 0 aliphatic carbocycles. The molecule has 2 aromatic carbocycles. The highest BCUT2D eigenvalue weighted by Crippen LogP contribution is 2.19. The van der Waals surface area contributed by atoms with Gasteiger partial charge in [0.25, 0.3) is 11.8 Å². The third-order valence-electron chi connectivity index (χ3n) is 4.82. The molecule has 3 rings (SSSR count). The lowest BCUT2D eigenvalue weighted by atomic mass is 10.0. The number of nitrogens with zero attached hydrogens (tertiary/aromatic N) is 3. The Morgan fingerprint density at radius 1 is 1.12 bits per heavy atom. The molecule has 1 atom stereocenters. The van der Waals surface area contributed by atoms with Crippen molar-refractivity contribution in [2.75, 3.05) is 11.9 Å². The van der Waals surface area contributed by atoms with Gasteiger partial charge < -0.3 is 15.4 Å². The summed E-state index contributed by atoms with van der Waals surface area (Å²) < 4.78 is 20.4. The van der Waals surface area contributed by atoms with Crippen molar-refractivity contribution in [1.82, 2.24) is 15.1 Å². The van der Waals surface area contributed by atoms with Gasteiger partial charge in [-0.25, -0.2) is 13.9 Å². The minimum Gasteiger partial charge on any atom is -0.454 e.